The van der Waals surface area contributed by atoms with Crippen molar-refractivity contribution in [1.82, 2.24) is 4.98 Å². The van der Waals surface area contributed by atoms with Gasteiger partial charge < -0.3 is 10.8 Å². The molecule has 4 nitrogen and oxygen atoms in total. The fourth-order valence-corrected chi connectivity index (χ4v) is 2.32. The Balaban J connectivity index is 2.37. The van der Waals surface area contributed by atoms with Crippen LogP contribution in [0.3, 0.4) is 0 Å². The molecule has 0 bridgehead atoms. The Bertz CT molecular complexity index is 676. The maximum atomic E-state index is 10.9. The van der Waals surface area contributed by atoms with Gasteiger partial charge in [0.2, 0.25) is 0 Å². The molecule has 0 spiro atoms. The van der Waals surface area contributed by atoms with Gasteiger partial charge in [0, 0.05) is 18.0 Å². The van der Waals surface area contributed by atoms with Crippen LogP contribution in [-0.2, 0) is 4.79 Å². The van der Waals surface area contributed by atoms with Gasteiger partial charge in [-0.25, -0.2) is 0 Å². The Morgan fingerprint density at radius 1 is 1.22 bits per heavy atom. The Morgan fingerprint density at radius 3 is 2.43 bits per heavy atom. The summed E-state index contributed by atoms with van der Waals surface area (Å²) in [6.07, 6.45) is 5.63. The van der Waals surface area contributed by atoms with Gasteiger partial charge >= 0.3 is 5.97 Å². The van der Waals surface area contributed by atoms with E-state index in [9.17, 15) is 4.79 Å². The highest BCUT2D eigenvalue weighted by atomic mass is 16.4. The third kappa shape index (κ3) is 4.50. The fourth-order valence-electron chi connectivity index (χ4n) is 2.32. The molecular formula is C19H22N2O2. The van der Waals surface area contributed by atoms with Crippen molar-refractivity contribution >= 4 is 11.5 Å². The summed E-state index contributed by atoms with van der Waals surface area (Å²) in [6.45, 7) is 4.30. The minimum Gasteiger partial charge on any atom is -0.480 e. The van der Waals surface area contributed by atoms with Crippen LogP contribution in [0.4, 0.5) is 0 Å². The Morgan fingerprint density at radius 2 is 1.91 bits per heavy atom. The van der Waals surface area contributed by atoms with Crippen LogP contribution in [-0.4, -0.2) is 22.1 Å². The van der Waals surface area contributed by atoms with Gasteiger partial charge in [0.1, 0.15) is 6.04 Å². The molecule has 0 amide bonds. The molecule has 2 rings (SSSR count). The summed E-state index contributed by atoms with van der Waals surface area (Å²) < 4.78 is 0. The summed E-state index contributed by atoms with van der Waals surface area (Å²) in [5, 5.41) is 8.97. The molecule has 1 atom stereocenters. The Kier molecular flexibility index (Phi) is 5.66. The first-order chi connectivity index (χ1) is 11.0. The number of rotatable bonds is 6. The molecule has 0 aliphatic carbocycles. The van der Waals surface area contributed by atoms with Crippen molar-refractivity contribution in [1.29, 1.82) is 0 Å². The lowest BCUT2D eigenvalue weighted by Crippen LogP contribution is -2.29. The summed E-state index contributed by atoms with van der Waals surface area (Å²) in [4.78, 5) is 15.1. The second-order valence-corrected chi connectivity index (χ2v) is 5.82. The number of carboxylic acid groups (broad SMARTS) is 1. The first-order valence-corrected chi connectivity index (χ1v) is 7.68. The average molecular weight is 310 g/mol. The number of nitrogens with two attached hydrogens (primary N) is 1. The second kappa shape index (κ2) is 7.70. The van der Waals surface area contributed by atoms with E-state index in [0.717, 1.165) is 16.7 Å². The average Bonchev–Trinajstić information content (AvgIpc) is 2.56. The van der Waals surface area contributed by atoms with Crippen LogP contribution >= 0.6 is 0 Å². The zero-order valence-electron chi connectivity index (χ0n) is 13.4. The topological polar surface area (TPSA) is 76.2 Å². The summed E-state index contributed by atoms with van der Waals surface area (Å²) in [6, 6.07) is 11.2. The van der Waals surface area contributed by atoms with E-state index in [2.05, 4.69) is 43.1 Å². The molecule has 0 fully saturated rings. The molecule has 0 aliphatic heterocycles. The summed E-state index contributed by atoms with van der Waals surface area (Å²) >= 11 is 0. The van der Waals surface area contributed by atoms with Crippen molar-refractivity contribution in [3.8, 4) is 0 Å². The maximum Gasteiger partial charge on any atom is 0.320 e. The number of nitrogens with zero attached hydrogens (tertiary/aromatic N) is 1. The lowest BCUT2D eigenvalue weighted by molar-refractivity contribution is -0.138. The first-order valence-electron chi connectivity index (χ1n) is 7.68. The number of carbonyl (C=O) groups is 1. The number of hydrogen-bond donors (Lipinski definition) is 2. The van der Waals surface area contributed by atoms with Crippen LogP contribution in [0, 0.1) is 0 Å². The molecule has 1 unspecified atom stereocenters. The van der Waals surface area contributed by atoms with E-state index in [4.69, 9.17) is 10.8 Å². The number of benzene rings is 1. The largest absolute Gasteiger partial charge is 0.480 e. The van der Waals surface area contributed by atoms with Gasteiger partial charge in [0.05, 0.1) is 0 Å². The smallest absolute Gasteiger partial charge is 0.320 e. The van der Waals surface area contributed by atoms with E-state index in [0.29, 0.717) is 5.92 Å². The molecular weight excluding hydrogens is 288 g/mol. The molecule has 0 aliphatic rings. The third-order valence-electron chi connectivity index (χ3n) is 3.75. The predicted molar refractivity (Wildman–Crippen MR) is 92.1 cm³/mol. The number of hydrogen-bond acceptors (Lipinski definition) is 3. The summed E-state index contributed by atoms with van der Waals surface area (Å²) in [5.74, 6) is -0.530. The maximum absolute atomic E-state index is 10.9. The third-order valence-corrected chi connectivity index (χ3v) is 3.75. The monoisotopic (exact) mass is 310 g/mol. The highest BCUT2D eigenvalue weighted by molar-refractivity contribution is 5.80. The predicted octanol–water partition coefficient (Wildman–Crippen LogP) is 3.44. The van der Waals surface area contributed by atoms with Gasteiger partial charge in [-0.2, -0.15) is 0 Å². The van der Waals surface area contributed by atoms with Crippen LogP contribution in [0.15, 0.2) is 54.9 Å². The lowest BCUT2D eigenvalue weighted by atomic mass is 9.94. The van der Waals surface area contributed by atoms with Crippen molar-refractivity contribution in [2.75, 3.05) is 0 Å². The Hall–Kier alpha value is -2.46. The van der Waals surface area contributed by atoms with E-state index in [1.165, 1.54) is 5.56 Å². The van der Waals surface area contributed by atoms with Crippen molar-refractivity contribution in [3.63, 3.8) is 0 Å². The summed E-state index contributed by atoms with van der Waals surface area (Å²) in [7, 11) is 0. The number of aromatic nitrogens is 1. The van der Waals surface area contributed by atoms with Gasteiger partial charge in [-0.15, -0.1) is 0 Å². The van der Waals surface area contributed by atoms with Gasteiger partial charge in [0.15, 0.2) is 0 Å². The zero-order chi connectivity index (χ0) is 16.8. The lowest BCUT2D eigenvalue weighted by Gasteiger charge is -2.12. The minimum atomic E-state index is -0.998. The second-order valence-electron chi connectivity index (χ2n) is 5.82. The van der Waals surface area contributed by atoms with Crippen LogP contribution < -0.4 is 5.73 Å². The van der Waals surface area contributed by atoms with E-state index in [1.54, 1.807) is 12.4 Å². The molecule has 23 heavy (non-hydrogen) atoms. The van der Waals surface area contributed by atoms with Crippen LogP contribution in [0.5, 0.6) is 0 Å². The zero-order valence-corrected chi connectivity index (χ0v) is 13.4. The van der Waals surface area contributed by atoms with E-state index >= 15 is 0 Å². The highest BCUT2D eigenvalue weighted by Gasteiger charge is 2.12. The van der Waals surface area contributed by atoms with Crippen LogP contribution in [0.2, 0.25) is 0 Å². The summed E-state index contributed by atoms with van der Waals surface area (Å²) in [5.41, 5.74) is 9.81. The van der Waals surface area contributed by atoms with Crippen molar-refractivity contribution < 1.29 is 9.90 Å². The molecule has 120 valence electrons. The molecule has 0 radical (unpaired) electrons. The van der Waals surface area contributed by atoms with E-state index in [-0.39, 0.29) is 6.42 Å². The quantitative estimate of drug-likeness (QED) is 0.857. The molecule has 0 saturated carbocycles. The molecule has 1 aromatic carbocycles. The van der Waals surface area contributed by atoms with Crippen LogP contribution in [0.1, 0.15) is 42.9 Å². The van der Waals surface area contributed by atoms with E-state index in [1.807, 2.05) is 18.2 Å². The molecule has 1 heterocycles. The molecule has 3 N–H and O–H groups in total. The normalized spacial score (nSPS) is 13.1. The van der Waals surface area contributed by atoms with Crippen molar-refractivity contribution in [2.24, 2.45) is 5.73 Å². The van der Waals surface area contributed by atoms with Crippen molar-refractivity contribution in [3.05, 3.63) is 71.6 Å². The molecule has 1 aromatic heterocycles. The number of carboxylic acids is 1. The molecule has 2 aromatic rings. The first kappa shape index (κ1) is 16.9. The van der Waals surface area contributed by atoms with Gasteiger partial charge in [0.25, 0.3) is 0 Å². The van der Waals surface area contributed by atoms with E-state index < -0.39 is 12.0 Å². The standard InChI is InChI=1S/C19H22N2O2/c1-13(2)14-5-7-15(8-6-14)17(9-10-18(20)19(22)23)16-4-3-11-21-12-16/h3-9,11-13,18H,10,20H2,1-2H3,(H,22,23)/b17-9-. The number of pyridine rings is 1. The van der Waals surface area contributed by atoms with Gasteiger partial charge in [-0.05, 0) is 35.1 Å². The van der Waals surface area contributed by atoms with Crippen molar-refractivity contribution in [2.45, 2.75) is 32.2 Å². The SMILES string of the molecule is CC(C)c1ccc(/C(=C/CC(N)C(=O)O)c2cccnc2)cc1. The molecule has 4 heteroatoms. The number of aliphatic carboxylic acids is 1. The fraction of sp³-hybridized carbons (Fsp3) is 0.263. The Labute approximate surface area is 136 Å². The minimum absolute atomic E-state index is 0.269. The molecule has 0 saturated heterocycles. The highest BCUT2D eigenvalue weighted by Crippen LogP contribution is 2.25. The van der Waals surface area contributed by atoms with Crippen LogP contribution in [0.25, 0.3) is 5.57 Å². The van der Waals surface area contributed by atoms with Gasteiger partial charge in [-0.3, -0.25) is 9.78 Å². The van der Waals surface area contributed by atoms with Gasteiger partial charge in [-0.1, -0.05) is 50.3 Å².